The van der Waals surface area contributed by atoms with E-state index in [4.69, 9.17) is 91.7 Å². The molecule has 10 amide bonds. The number of nitrogens with one attached hydrogen (secondary N) is 8. The molecule has 0 bridgehead atoms. The molecule has 0 saturated carbocycles. The molecule has 0 aromatic rings. The van der Waals surface area contributed by atoms with Gasteiger partial charge >= 0.3 is 0 Å². The summed E-state index contributed by atoms with van der Waals surface area (Å²) in [5, 5.41) is 20.9. The first-order chi connectivity index (χ1) is 43.1. The molecule has 9 atom stereocenters. The quantitative estimate of drug-likeness (QED) is 0.0153. The Labute approximate surface area is 529 Å². The summed E-state index contributed by atoms with van der Waals surface area (Å²) in [5.74, 6) is -9.87. The van der Waals surface area contributed by atoms with E-state index >= 15 is 0 Å². The standard InChI is InChI=1S/C52H105N29O10/c53-21-3-1-12-31(75-40(84)29(56)11-6-24-69-48(59)60)42(86)76-32(13-2-4-22-54)43(87)77-33(14-5-23-55)44(88)79-36(18-10-28-73-52(67)68)46(90)81-37(19-20-38(57)82)47(91)80-35(17-9-27-72-51(65)66)45(89)78-34(16-8-26-71-50(63)64)41(85)74-30(39(58)83)15-7-25-70-49(61)62/h29-37H,1-28,53-56H2,(H2,57,82)(H2,58,83)(H,74,85)(H,75,84)(H,76,86)(H,77,87)(H,78,89)(H,79,88)(H,80,91)(H,81,90)(H4,59,60,69)(H4,61,62,70)(H4,63,64,71)(H4,65,66,72)(H4,67,68,73)/t29-,30-,31-,32-,33-,34-,35-,36-,37-/m0/s1. The van der Waals surface area contributed by atoms with Gasteiger partial charge in [0.15, 0.2) is 29.8 Å². The van der Waals surface area contributed by atoms with E-state index in [9.17, 15) is 47.9 Å². The highest BCUT2D eigenvalue weighted by Crippen LogP contribution is 2.12. The second-order valence-electron chi connectivity index (χ2n) is 21.2. The summed E-state index contributed by atoms with van der Waals surface area (Å²) in [7, 11) is 0. The minimum absolute atomic E-state index is 0.00279. The molecule has 0 heterocycles. The van der Waals surface area contributed by atoms with Gasteiger partial charge in [-0.3, -0.25) is 72.9 Å². The number of aliphatic imine (C=N–C) groups is 5. The third-order valence-corrected chi connectivity index (χ3v) is 13.4. The molecule has 518 valence electrons. The van der Waals surface area contributed by atoms with Crippen LogP contribution in [0, 0.1) is 0 Å². The van der Waals surface area contributed by atoms with Gasteiger partial charge in [-0.25, -0.2) is 0 Å². The van der Waals surface area contributed by atoms with E-state index in [1.54, 1.807) is 0 Å². The second-order valence-corrected chi connectivity index (χ2v) is 21.2. The monoisotopic (exact) mass is 1300 g/mol. The van der Waals surface area contributed by atoms with Crippen molar-refractivity contribution in [1.82, 2.24) is 42.5 Å². The first kappa shape index (κ1) is 81.9. The summed E-state index contributed by atoms with van der Waals surface area (Å²) >= 11 is 0. The van der Waals surface area contributed by atoms with Crippen LogP contribution in [0.25, 0.3) is 0 Å². The fourth-order valence-electron chi connectivity index (χ4n) is 8.61. The smallest absolute Gasteiger partial charge is 0.243 e. The normalized spacial score (nSPS) is 13.8. The third-order valence-electron chi connectivity index (χ3n) is 13.4. The number of carbonyl (C=O) groups is 10. The first-order valence-corrected chi connectivity index (χ1v) is 30.2. The van der Waals surface area contributed by atoms with E-state index in [1.165, 1.54) is 0 Å². The number of guanidine groups is 5. The molecular formula is C52H105N29O10. The van der Waals surface area contributed by atoms with E-state index in [1.807, 2.05) is 0 Å². The Morgan fingerprint density at radius 2 is 0.484 bits per heavy atom. The molecule has 0 radical (unpaired) electrons. The summed E-state index contributed by atoms with van der Waals surface area (Å²) in [5.41, 5.74) is 89.4. The van der Waals surface area contributed by atoms with E-state index in [0.29, 0.717) is 38.6 Å². The van der Waals surface area contributed by atoms with Gasteiger partial charge in [-0.1, -0.05) is 0 Å². The summed E-state index contributed by atoms with van der Waals surface area (Å²) in [6.07, 6.45) is 1.48. The van der Waals surface area contributed by atoms with Gasteiger partial charge < -0.3 is 134 Å². The predicted octanol–water partition coefficient (Wildman–Crippen LogP) is -10.8. The van der Waals surface area contributed by atoms with E-state index in [-0.39, 0.29) is 159 Å². The van der Waals surface area contributed by atoms with Crippen molar-refractivity contribution >= 4 is 88.9 Å². The van der Waals surface area contributed by atoms with Gasteiger partial charge in [-0.05, 0) is 142 Å². The molecule has 0 unspecified atom stereocenters. The molecule has 0 aliphatic heterocycles. The lowest BCUT2D eigenvalue weighted by molar-refractivity contribution is -0.136. The first-order valence-electron chi connectivity index (χ1n) is 30.2. The maximum Gasteiger partial charge on any atom is 0.243 e. The highest BCUT2D eigenvalue weighted by Gasteiger charge is 2.35. The van der Waals surface area contributed by atoms with Crippen molar-refractivity contribution in [2.75, 3.05) is 52.4 Å². The SMILES string of the molecule is NCCCC[C@H](NC(=O)[C@H](CCCCN)NC(=O)[C@@H](N)CCCN=C(N)N)C(=O)N[C@@H](CCCN)C(=O)N[C@@H](CCCN=C(N)N)C(=O)N[C@@H](CCC(N)=O)C(=O)N[C@@H](CCCN=C(N)N)C(=O)N[C@@H](CCCN=C(N)N)C(=O)N[C@@H](CCCN=C(N)N)C(N)=O. The van der Waals surface area contributed by atoms with Gasteiger partial charge in [0.05, 0.1) is 6.04 Å². The van der Waals surface area contributed by atoms with Crippen LogP contribution in [0.5, 0.6) is 0 Å². The van der Waals surface area contributed by atoms with Gasteiger partial charge in [0, 0.05) is 39.1 Å². The van der Waals surface area contributed by atoms with E-state index in [2.05, 4.69) is 67.5 Å². The van der Waals surface area contributed by atoms with Crippen LogP contribution in [0.4, 0.5) is 0 Å². The van der Waals surface area contributed by atoms with Crippen molar-refractivity contribution in [2.24, 2.45) is 117 Å². The summed E-state index contributed by atoms with van der Waals surface area (Å²) in [6, 6.07) is -12.2. The largest absolute Gasteiger partial charge is 0.370 e. The third kappa shape index (κ3) is 39.5. The van der Waals surface area contributed by atoms with Crippen LogP contribution >= 0.6 is 0 Å². The lowest BCUT2D eigenvalue weighted by atomic mass is 10.0. The number of primary amides is 2. The number of nitrogens with two attached hydrogens (primary N) is 16. The zero-order chi connectivity index (χ0) is 68.8. The minimum Gasteiger partial charge on any atom is -0.370 e. The Balaban J connectivity index is 7.26. The van der Waals surface area contributed by atoms with Gasteiger partial charge in [-0.15, -0.1) is 0 Å². The molecule has 0 fully saturated rings. The van der Waals surface area contributed by atoms with E-state index in [0.717, 1.165) is 0 Å². The molecule has 39 heteroatoms. The summed E-state index contributed by atoms with van der Waals surface area (Å²) in [6.45, 7) is 0.824. The highest BCUT2D eigenvalue weighted by atomic mass is 16.2. The molecule has 91 heavy (non-hydrogen) atoms. The second kappa shape index (κ2) is 47.8. The van der Waals surface area contributed by atoms with Crippen LogP contribution in [-0.4, -0.2) is 196 Å². The number of hydrogen-bond donors (Lipinski definition) is 24. The van der Waals surface area contributed by atoms with Crippen molar-refractivity contribution < 1.29 is 47.9 Å². The van der Waals surface area contributed by atoms with Crippen molar-refractivity contribution in [3.05, 3.63) is 0 Å². The molecular weight excluding hydrogens is 1190 g/mol. The number of rotatable bonds is 51. The van der Waals surface area contributed by atoms with Gasteiger partial charge in [0.25, 0.3) is 0 Å². The maximum absolute atomic E-state index is 14.5. The van der Waals surface area contributed by atoms with Crippen LogP contribution in [-0.2, 0) is 47.9 Å². The van der Waals surface area contributed by atoms with Gasteiger partial charge in [-0.2, -0.15) is 0 Å². The average Bonchev–Trinajstić information content (AvgIpc) is 2.68. The van der Waals surface area contributed by atoms with Gasteiger partial charge in [0.1, 0.15) is 48.3 Å². The van der Waals surface area contributed by atoms with Crippen molar-refractivity contribution in [3.63, 3.8) is 0 Å². The molecule has 40 N–H and O–H groups in total. The molecule has 39 nitrogen and oxygen atoms in total. The number of unbranched alkanes of at least 4 members (excludes halogenated alkanes) is 2. The Morgan fingerprint density at radius 1 is 0.264 bits per heavy atom. The lowest BCUT2D eigenvalue weighted by Crippen LogP contribution is -2.60. The molecule has 0 aliphatic rings. The predicted molar refractivity (Wildman–Crippen MR) is 345 cm³/mol. The van der Waals surface area contributed by atoms with E-state index < -0.39 is 126 Å². The Morgan fingerprint density at radius 3 is 0.736 bits per heavy atom. The lowest BCUT2D eigenvalue weighted by Gasteiger charge is -2.28. The number of nitrogens with zero attached hydrogens (tertiary/aromatic N) is 5. The summed E-state index contributed by atoms with van der Waals surface area (Å²) in [4.78, 5) is 158. The van der Waals surface area contributed by atoms with Gasteiger partial charge in [0.2, 0.25) is 59.1 Å². The average molecular weight is 1300 g/mol. The number of amides is 10. The Hall–Kier alpha value is -9.11. The molecule has 0 aromatic heterocycles. The van der Waals surface area contributed by atoms with Crippen LogP contribution in [0.15, 0.2) is 25.0 Å². The number of hydrogen-bond acceptors (Lipinski definition) is 19. The zero-order valence-electron chi connectivity index (χ0n) is 52.1. The molecule has 0 rings (SSSR count). The Kier molecular flexibility index (Phi) is 43.0. The van der Waals surface area contributed by atoms with Crippen molar-refractivity contribution in [2.45, 2.75) is 183 Å². The molecule has 0 aromatic carbocycles. The zero-order valence-corrected chi connectivity index (χ0v) is 52.1. The van der Waals surface area contributed by atoms with Crippen LogP contribution in [0.1, 0.15) is 128 Å². The topological polar surface area (TPSA) is 745 Å². The minimum atomic E-state index is -1.65. The highest BCUT2D eigenvalue weighted by molar-refractivity contribution is 5.98. The fraction of sp³-hybridized carbons (Fsp3) is 0.712. The Bertz CT molecular complexity index is 2430. The molecule has 0 aliphatic carbocycles. The fourth-order valence-corrected chi connectivity index (χ4v) is 8.61. The number of carbonyl (C=O) groups excluding carboxylic acids is 10. The summed E-state index contributed by atoms with van der Waals surface area (Å²) < 4.78 is 0. The van der Waals surface area contributed by atoms with Crippen molar-refractivity contribution in [1.29, 1.82) is 0 Å². The molecule has 0 saturated heterocycles. The molecule has 0 spiro atoms. The van der Waals surface area contributed by atoms with Crippen LogP contribution in [0.2, 0.25) is 0 Å². The van der Waals surface area contributed by atoms with Crippen LogP contribution < -0.4 is 134 Å². The van der Waals surface area contributed by atoms with Crippen LogP contribution in [0.3, 0.4) is 0 Å². The van der Waals surface area contributed by atoms with Crippen molar-refractivity contribution in [3.8, 4) is 0 Å². The maximum atomic E-state index is 14.5.